The highest BCUT2D eigenvalue weighted by molar-refractivity contribution is 6.22. The molecule has 0 spiro atoms. The second-order valence-corrected chi connectivity index (χ2v) is 8.89. The topological polar surface area (TPSA) is 60.9 Å². The third kappa shape index (κ3) is 3.68. The van der Waals surface area contributed by atoms with Gasteiger partial charge >= 0.3 is 0 Å². The molecule has 6 heteroatoms. The second kappa shape index (κ2) is 8.77. The Morgan fingerprint density at radius 2 is 1.50 bits per heavy atom. The molecule has 2 aliphatic rings. The minimum atomic E-state index is -0.778. The van der Waals surface area contributed by atoms with Crippen LogP contribution in [0.5, 0.6) is 0 Å². The van der Waals surface area contributed by atoms with E-state index in [9.17, 15) is 14.4 Å². The first-order chi connectivity index (χ1) is 15.3. The summed E-state index contributed by atoms with van der Waals surface area (Å²) >= 11 is 0. The Morgan fingerprint density at radius 3 is 2.06 bits per heavy atom. The molecule has 4 rings (SSSR count). The monoisotopic (exact) mass is 433 g/mol. The van der Waals surface area contributed by atoms with Crippen molar-refractivity contribution in [1.82, 2.24) is 9.80 Å². The molecular formula is C26H31N3O3. The molecule has 2 aromatic carbocycles. The zero-order valence-electron chi connectivity index (χ0n) is 19.3. The molecule has 0 saturated carbocycles. The predicted molar refractivity (Wildman–Crippen MR) is 125 cm³/mol. The molecule has 0 bridgehead atoms. The summed E-state index contributed by atoms with van der Waals surface area (Å²) in [6, 6.07) is 12.3. The smallest absolute Gasteiger partial charge is 0.262 e. The fraction of sp³-hybridized carbons (Fsp3) is 0.423. The molecule has 2 heterocycles. The summed E-state index contributed by atoms with van der Waals surface area (Å²) in [5.74, 6) is -0.979. The molecular weight excluding hydrogens is 402 g/mol. The van der Waals surface area contributed by atoms with Crippen molar-refractivity contribution < 1.29 is 14.4 Å². The lowest BCUT2D eigenvalue weighted by Gasteiger charge is -2.40. The number of hydrogen-bond acceptors (Lipinski definition) is 4. The Hall–Kier alpha value is -3.15. The van der Waals surface area contributed by atoms with Crippen LogP contribution in [0.1, 0.15) is 52.1 Å². The molecule has 2 atom stereocenters. The molecule has 168 valence electrons. The number of carbonyl (C=O) groups excluding carboxylic acids is 3. The molecule has 2 unspecified atom stereocenters. The van der Waals surface area contributed by atoms with Crippen LogP contribution in [0.3, 0.4) is 0 Å². The van der Waals surface area contributed by atoms with Gasteiger partial charge in [0.05, 0.1) is 11.1 Å². The number of fused-ring (bicyclic) bond motifs is 1. The Morgan fingerprint density at radius 1 is 0.906 bits per heavy atom. The van der Waals surface area contributed by atoms with Gasteiger partial charge in [0.25, 0.3) is 11.8 Å². The maximum Gasteiger partial charge on any atom is 0.262 e. The van der Waals surface area contributed by atoms with Crippen molar-refractivity contribution >= 4 is 23.4 Å². The summed E-state index contributed by atoms with van der Waals surface area (Å²) in [7, 11) is 0. The predicted octanol–water partition coefficient (Wildman–Crippen LogP) is 3.66. The molecule has 2 aromatic rings. The van der Waals surface area contributed by atoms with E-state index in [1.54, 1.807) is 24.3 Å². The Balaban J connectivity index is 1.54. The molecule has 3 amide bonds. The average Bonchev–Trinajstić information content (AvgIpc) is 3.06. The fourth-order valence-corrected chi connectivity index (χ4v) is 4.73. The van der Waals surface area contributed by atoms with Crippen LogP contribution in [0.15, 0.2) is 42.5 Å². The van der Waals surface area contributed by atoms with Crippen LogP contribution in [0.25, 0.3) is 0 Å². The number of anilines is 1. The SMILES string of the molecule is CCC(C)C(C(=O)N1CCN(c2cccc(C)c2C)CC1)N1C(=O)c2ccccc2C1=O. The van der Waals surface area contributed by atoms with Crippen molar-refractivity contribution in [3.8, 4) is 0 Å². The van der Waals surface area contributed by atoms with Gasteiger partial charge in [-0.25, -0.2) is 0 Å². The van der Waals surface area contributed by atoms with Crippen LogP contribution in [0.4, 0.5) is 5.69 Å². The minimum Gasteiger partial charge on any atom is -0.368 e. The molecule has 0 N–H and O–H groups in total. The third-order valence-corrected chi connectivity index (χ3v) is 7.05. The van der Waals surface area contributed by atoms with Crippen molar-refractivity contribution in [1.29, 1.82) is 0 Å². The van der Waals surface area contributed by atoms with Gasteiger partial charge in [-0.1, -0.05) is 44.5 Å². The van der Waals surface area contributed by atoms with E-state index in [4.69, 9.17) is 0 Å². The number of rotatable bonds is 5. The van der Waals surface area contributed by atoms with Crippen LogP contribution in [-0.4, -0.2) is 59.7 Å². The van der Waals surface area contributed by atoms with Gasteiger partial charge in [-0.3, -0.25) is 19.3 Å². The zero-order chi connectivity index (χ0) is 23.0. The van der Waals surface area contributed by atoms with Crippen molar-refractivity contribution in [2.75, 3.05) is 31.1 Å². The number of imide groups is 1. The zero-order valence-corrected chi connectivity index (χ0v) is 19.3. The van der Waals surface area contributed by atoms with Crippen molar-refractivity contribution in [2.24, 2.45) is 5.92 Å². The third-order valence-electron chi connectivity index (χ3n) is 7.05. The summed E-state index contributed by atoms with van der Waals surface area (Å²) in [4.78, 5) is 45.2. The van der Waals surface area contributed by atoms with Crippen molar-refractivity contribution in [3.63, 3.8) is 0 Å². The van der Waals surface area contributed by atoms with Crippen molar-refractivity contribution in [2.45, 2.75) is 40.2 Å². The average molecular weight is 434 g/mol. The Kier molecular flexibility index (Phi) is 6.04. The van der Waals surface area contributed by atoms with E-state index < -0.39 is 6.04 Å². The lowest BCUT2D eigenvalue weighted by Crippen LogP contribution is -2.58. The summed E-state index contributed by atoms with van der Waals surface area (Å²) in [5, 5.41) is 0. The largest absolute Gasteiger partial charge is 0.368 e. The number of carbonyl (C=O) groups is 3. The highest BCUT2D eigenvalue weighted by Gasteiger charge is 2.45. The molecule has 1 saturated heterocycles. The first-order valence-electron chi connectivity index (χ1n) is 11.4. The van der Waals surface area contributed by atoms with E-state index in [0.717, 1.165) is 13.1 Å². The first kappa shape index (κ1) is 22.1. The van der Waals surface area contributed by atoms with Gasteiger partial charge < -0.3 is 9.80 Å². The second-order valence-electron chi connectivity index (χ2n) is 8.89. The summed E-state index contributed by atoms with van der Waals surface area (Å²) in [6.45, 7) is 10.8. The van der Waals surface area contributed by atoms with Crippen LogP contribution < -0.4 is 4.90 Å². The van der Waals surface area contributed by atoms with Gasteiger partial charge in [0.2, 0.25) is 5.91 Å². The van der Waals surface area contributed by atoms with Crippen LogP contribution in [0, 0.1) is 19.8 Å². The van der Waals surface area contributed by atoms with Crippen LogP contribution in [0.2, 0.25) is 0 Å². The van der Waals surface area contributed by atoms with E-state index in [0.29, 0.717) is 30.6 Å². The van der Waals surface area contributed by atoms with E-state index in [1.807, 2.05) is 18.7 Å². The van der Waals surface area contributed by atoms with Crippen LogP contribution >= 0.6 is 0 Å². The van der Waals surface area contributed by atoms with Gasteiger partial charge in [-0.2, -0.15) is 0 Å². The number of amides is 3. The standard InChI is InChI=1S/C26H31N3O3/c1-5-17(2)23(29-24(30)20-10-6-7-11-21(20)25(29)31)26(32)28-15-13-27(14-16-28)22-12-8-9-18(3)19(22)4/h6-12,17,23H,5,13-16H2,1-4H3. The molecule has 2 aliphatic heterocycles. The van der Waals surface area contributed by atoms with Crippen LogP contribution in [-0.2, 0) is 4.79 Å². The van der Waals surface area contributed by atoms with Gasteiger partial charge in [-0.15, -0.1) is 0 Å². The first-order valence-corrected chi connectivity index (χ1v) is 11.4. The van der Waals surface area contributed by atoms with E-state index in [2.05, 4.69) is 36.9 Å². The normalized spacial score (nSPS) is 18.1. The minimum absolute atomic E-state index is 0.123. The highest BCUT2D eigenvalue weighted by Crippen LogP contribution is 2.30. The lowest BCUT2D eigenvalue weighted by atomic mass is 9.95. The number of aryl methyl sites for hydroxylation is 1. The number of piperazine rings is 1. The van der Waals surface area contributed by atoms with E-state index >= 15 is 0 Å². The fourth-order valence-electron chi connectivity index (χ4n) is 4.73. The number of nitrogens with zero attached hydrogens (tertiary/aromatic N) is 3. The summed E-state index contributed by atoms with van der Waals surface area (Å²) in [6.07, 6.45) is 0.701. The molecule has 6 nitrogen and oxygen atoms in total. The number of hydrogen-bond donors (Lipinski definition) is 0. The van der Waals surface area contributed by atoms with Crippen molar-refractivity contribution in [3.05, 3.63) is 64.7 Å². The molecule has 0 aliphatic carbocycles. The summed E-state index contributed by atoms with van der Waals surface area (Å²) in [5.41, 5.74) is 4.49. The van der Waals surface area contributed by atoms with Gasteiger partial charge in [0.15, 0.2) is 0 Å². The quantitative estimate of drug-likeness (QED) is 0.675. The molecule has 0 radical (unpaired) electrons. The summed E-state index contributed by atoms with van der Waals surface area (Å²) < 4.78 is 0. The maximum absolute atomic E-state index is 13.7. The van der Waals surface area contributed by atoms with Gasteiger partial charge in [-0.05, 0) is 49.1 Å². The number of benzene rings is 2. The van der Waals surface area contributed by atoms with E-state index in [1.165, 1.54) is 21.7 Å². The van der Waals surface area contributed by atoms with E-state index in [-0.39, 0.29) is 23.6 Å². The maximum atomic E-state index is 13.7. The Bertz CT molecular complexity index is 1020. The molecule has 1 fully saturated rings. The molecule has 0 aromatic heterocycles. The highest BCUT2D eigenvalue weighted by atomic mass is 16.2. The Labute approximate surface area is 189 Å². The lowest BCUT2D eigenvalue weighted by molar-refractivity contribution is -0.137. The molecule has 32 heavy (non-hydrogen) atoms. The van der Waals surface area contributed by atoms with Gasteiger partial charge in [0, 0.05) is 31.9 Å². The van der Waals surface area contributed by atoms with Gasteiger partial charge in [0.1, 0.15) is 6.04 Å².